The zero-order chi connectivity index (χ0) is 12.4. The van der Waals surface area contributed by atoms with E-state index in [-0.39, 0.29) is 11.3 Å². The fourth-order valence-electron chi connectivity index (χ4n) is 1.18. The predicted molar refractivity (Wildman–Crippen MR) is 62.4 cm³/mol. The first kappa shape index (κ1) is 11.4. The number of pyridine rings is 1. The number of hydrogen-bond acceptors (Lipinski definition) is 6. The molecule has 1 amide bonds. The van der Waals surface area contributed by atoms with Crippen molar-refractivity contribution in [3.05, 3.63) is 23.7 Å². The van der Waals surface area contributed by atoms with Crippen molar-refractivity contribution in [2.45, 2.75) is 17.1 Å². The van der Waals surface area contributed by atoms with Gasteiger partial charge in [-0.15, -0.1) is 5.10 Å². The SMILES string of the molecule is Cc1nc(Sc2cc(C(N)=O)c(N)cn2)n[nH]1. The quantitative estimate of drug-likeness (QED) is 0.721. The summed E-state index contributed by atoms with van der Waals surface area (Å²) in [7, 11) is 0. The van der Waals surface area contributed by atoms with Crippen molar-refractivity contribution in [2.75, 3.05) is 5.73 Å². The summed E-state index contributed by atoms with van der Waals surface area (Å²) in [6, 6.07) is 1.52. The molecular weight excluding hydrogens is 240 g/mol. The number of aryl methyl sites for hydroxylation is 1. The third kappa shape index (κ3) is 2.53. The average Bonchev–Trinajstić information content (AvgIpc) is 2.66. The van der Waals surface area contributed by atoms with Crippen molar-refractivity contribution < 1.29 is 4.79 Å². The van der Waals surface area contributed by atoms with Crippen LogP contribution in [0.4, 0.5) is 5.69 Å². The lowest BCUT2D eigenvalue weighted by molar-refractivity contribution is 0.100. The summed E-state index contributed by atoms with van der Waals surface area (Å²) in [5.74, 6) is 0.121. The summed E-state index contributed by atoms with van der Waals surface area (Å²) in [6.07, 6.45) is 1.39. The van der Waals surface area contributed by atoms with E-state index >= 15 is 0 Å². The highest BCUT2D eigenvalue weighted by molar-refractivity contribution is 7.99. The number of aromatic amines is 1. The Kier molecular flexibility index (Phi) is 2.96. The minimum atomic E-state index is -0.585. The van der Waals surface area contributed by atoms with Crippen LogP contribution in [0.5, 0.6) is 0 Å². The Labute approximate surface area is 101 Å². The molecule has 8 heteroatoms. The minimum absolute atomic E-state index is 0.245. The molecule has 0 saturated carbocycles. The van der Waals surface area contributed by atoms with Gasteiger partial charge in [-0.05, 0) is 24.8 Å². The second kappa shape index (κ2) is 4.42. The molecule has 0 spiro atoms. The number of anilines is 1. The minimum Gasteiger partial charge on any atom is -0.397 e. The van der Waals surface area contributed by atoms with Gasteiger partial charge in [0.1, 0.15) is 10.9 Å². The van der Waals surface area contributed by atoms with Crippen LogP contribution in [0, 0.1) is 6.92 Å². The van der Waals surface area contributed by atoms with Crippen LogP contribution >= 0.6 is 11.8 Å². The Balaban J connectivity index is 2.28. The van der Waals surface area contributed by atoms with E-state index in [0.717, 1.165) is 0 Å². The van der Waals surface area contributed by atoms with Gasteiger partial charge >= 0.3 is 0 Å². The van der Waals surface area contributed by atoms with Crippen LogP contribution < -0.4 is 11.5 Å². The zero-order valence-electron chi connectivity index (χ0n) is 8.97. The lowest BCUT2D eigenvalue weighted by Crippen LogP contribution is -2.13. The number of amides is 1. The molecule has 0 aliphatic carbocycles. The highest BCUT2D eigenvalue weighted by Crippen LogP contribution is 2.24. The van der Waals surface area contributed by atoms with Gasteiger partial charge in [0.25, 0.3) is 5.91 Å². The Morgan fingerprint density at radius 3 is 2.88 bits per heavy atom. The smallest absolute Gasteiger partial charge is 0.250 e. The maximum Gasteiger partial charge on any atom is 0.250 e. The number of hydrogen-bond donors (Lipinski definition) is 3. The summed E-state index contributed by atoms with van der Waals surface area (Å²) < 4.78 is 0. The molecule has 5 N–H and O–H groups in total. The maximum atomic E-state index is 11.1. The predicted octanol–water partition coefficient (Wildman–Crippen LogP) is 0.340. The number of carbonyl (C=O) groups is 1. The van der Waals surface area contributed by atoms with Crippen LogP contribution in [-0.2, 0) is 0 Å². The normalized spacial score (nSPS) is 10.4. The van der Waals surface area contributed by atoms with E-state index in [4.69, 9.17) is 11.5 Å². The largest absolute Gasteiger partial charge is 0.397 e. The second-order valence-corrected chi connectivity index (χ2v) is 4.27. The molecule has 0 bridgehead atoms. The van der Waals surface area contributed by atoms with Gasteiger partial charge in [-0.1, -0.05) is 0 Å². The van der Waals surface area contributed by atoms with Crippen LogP contribution in [0.15, 0.2) is 22.4 Å². The molecule has 0 aromatic carbocycles. The standard InChI is InChI=1S/C9H10N6OS/c1-4-13-9(15-14-4)17-7-2-5(8(11)16)6(10)3-12-7/h2-3H,10H2,1H3,(H2,11,16)(H,13,14,15). The summed E-state index contributed by atoms with van der Waals surface area (Å²) in [5, 5.41) is 7.74. The number of H-pyrrole nitrogens is 1. The van der Waals surface area contributed by atoms with Crippen molar-refractivity contribution in [1.29, 1.82) is 0 Å². The lowest BCUT2D eigenvalue weighted by Gasteiger charge is -2.02. The van der Waals surface area contributed by atoms with Crippen molar-refractivity contribution in [3.8, 4) is 0 Å². The molecule has 0 unspecified atom stereocenters. The van der Waals surface area contributed by atoms with E-state index in [1.54, 1.807) is 6.92 Å². The van der Waals surface area contributed by atoms with Gasteiger partial charge in [0.2, 0.25) is 5.16 Å². The first-order valence-electron chi connectivity index (χ1n) is 4.68. The monoisotopic (exact) mass is 250 g/mol. The Morgan fingerprint density at radius 1 is 1.53 bits per heavy atom. The van der Waals surface area contributed by atoms with Gasteiger partial charge in [0.05, 0.1) is 17.4 Å². The lowest BCUT2D eigenvalue weighted by atomic mass is 10.2. The number of rotatable bonds is 3. The molecule has 0 saturated heterocycles. The molecule has 2 rings (SSSR count). The number of aromatic nitrogens is 4. The number of nitrogens with zero attached hydrogens (tertiary/aromatic N) is 3. The van der Waals surface area contributed by atoms with Gasteiger partial charge < -0.3 is 11.5 Å². The highest BCUT2D eigenvalue weighted by Gasteiger charge is 2.10. The molecule has 0 aliphatic heterocycles. The summed E-state index contributed by atoms with van der Waals surface area (Å²) in [6.45, 7) is 1.79. The molecule has 0 radical (unpaired) electrons. The van der Waals surface area contributed by atoms with E-state index in [1.165, 1.54) is 24.0 Å². The topological polar surface area (TPSA) is 124 Å². The molecule has 17 heavy (non-hydrogen) atoms. The summed E-state index contributed by atoms with van der Waals surface area (Å²) >= 11 is 1.22. The molecule has 0 atom stereocenters. The average molecular weight is 250 g/mol. The van der Waals surface area contributed by atoms with Gasteiger partial charge in [0, 0.05) is 0 Å². The van der Waals surface area contributed by atoms with E-state index in [1.807, 2.05) is 0 Å². The van der Waals surface area contributed by atoms with Gasteiger partial charge in [-0.3, -0.25) is 9.89 Å². The van der Waals surface area contributed by atoms with E-state index in [0.29, 0.717) is 16.0 Å². The number of carbonyl (C=O) groups excluding carboxylic acids is 1. The first-order chi connectivity index (χ1) is 8.06. The van der Waals surface area contributed by atoms with Gasteiger partial charge in [0.15, 0.2) is 0 Å². The highest BCUT2D eigenvalue weighted by atomic mass is 32.2. The molecule has 2 aromatic rings. The number of nitrogens with one attached hydrogen (secondary N) is 1. The van der Waals surface area contributed by atoms with Gasteiger partial charge in [-0.2, -0.15) is 0 Å². The maximum absolute atomic E-state index is 11.1. The fourth-order valence-corrected chi connectivity index (χ4v) is 1.92. The van der Waals surface area contributed by atoms with Crippen molar-refractivity contribution >= 4 is 23.4 Å². The third-order valence-corrected chi connectivity index (χ3v) is 2.75. The number of primary amides is 1. The van der Waals surface area contributed by atoms with Crippen molar-refractivity contribution in [2.24, 2.45) is 5.73 Å². The van der Waals surface area contributed by atoms with Crippen LogP contribution in [0.1, 0.15) is 16.2 Å². The van der Waals surface area contributed by atoms with Crippen molar-refractivity contribution in [3.63, 3.8) is 0 Å². The molecular formula is C9H10N6OS. The molecule has 2 heterocycles. The van der Waals surface area contributed by atoms with E-state index in [2.05, 4.69) is 20.2 Å². The van der Waals surface area contributed by atoms with Crippen LogP contribution in [0.2, 0.25) is 0 Å². The first-order valence-corrected chi connectivity index (χ1v) is 5.50. The van der Waals surface area contributed by atoms with E-state index in [9.17, 15) is 4.79 Å². The van der Waals surface area contributed by atoms with Crippen LogP contribution in [0.25, 0.3) is 0 Å². The molecule has 88 valence electrons. The molecule has 0 aliphatic rings. The van der Waals surface area contributed by atoms with Gasteiger partial charge in [-0.25, -0.2) is 9.97 Å². The molecule has 0 fully saturated rings. The third-order valence-electron chi connectivity index (χ3n) is 1.95. The Morgan fingerprint density at radius 2 is 2.29 bits per heavy atom. The summed E-state index contributed by atoms with van der Waals surface area (Å²) in [4.78, 5) is 19.3. The fraction of sp³-hybridized carbons (Fsp3) is 0.111. The Bertz CT molecular complexity index is 566. The van der Waals surface area contributed by atoms with Crippen molar-refractivity contribution in [1.82, 2.24) is 20.2 Å². The molecule has 2 aromatic heterocycles. The second-order valence-electron chi connectivity index (χ2n) is 3.28. The van der Waals surface area contributed by atoms with Crippen LogP contribution in [-0.4, -0.2) is 26.1 Å². The number of nitrogen functional groups attached to an aromatic ring is 1. The number of nitrogens with two attached hydrogens (primary N) is 2. The zero-order valence-corrected chi connectivity index (χ0v) is 9.78. The van der Waals surface area contributed by atoms with Crippen LogP contribution in [0.3, 0.4) is 0 Å². The van der Waals surface area contributed by atoms with E-state index < -0.39 is 5.91 Å². The summed E-state index contributed by atoms with van der Waals surface area (Å²) in [5.41, 5.74) is 11.3. The Hall–Kier alpha value is -2.09. The molecule has 7 nitrogen and oxygen atoms in total.